The van der Waals surface area contributed by atoms with E-state index in [2.05, 4.69) is 158 Å². The maximum atomic E-state index is 12.6. The maximum absolute atomic E-state index is 12.6. The molecule has 0 aromatic heterocycles. The summed E-state index contributed by atoms with van der Waals surface area (Å²) in [6.45, 7) is 80.5. The molecule has 4 rings (SSSR count). The van der Waals surface area contributed by atoms with Crippen molar-refractivity contribution in [1.82, 2.24) is 29.4 Å². The number of carbonyl (C=O) groups is 6. The van der Waals surface area contributed by atoms with E-state index in [1.54, 1.807) is 23.9 Å². The minimum Gasteiger partial charge on any atom is -0.394 e. The number of hydrogen-bond donors (Lipinski definition) is 2. The topological polar surface area (TPSA) is 162 Å². The second-order valence-electron chi connectivity index (χ2n) is 42.9. The molecule has 2 N–H and O–H groups in total. The number of nitrogens with zero attached hydrogens (tertiary/aromatic N) is 6. The Morgan fingerprint density at radius 3 is 0.847 bits per heavy atom. The molecule has 0 aromatic carbocycles. The molecule has 4 saturated carbocycles. The second-order valence-corrected chi connectivity index (χ2v) is 42.9. The molecule has 0 unspecified atom stereocenters. The predicted molar refractivity (Wildman–Crippen MR) is 417 cm³/mol. The molecule has 4 aliphatic rings. The Morgan fingerprint density at radius 1 is 0.337 bits per heavy atom. The molecule has 0 bridgehead atoms. The van der Waals surface area contributed by atoms with Gasteiger partial charge in [0.15, 0.2) is 0 Å². The number of carbonyl (C=O) groups excluding carboxylic acids is 6. The van der Waals surface area contributed by atoms with Gasteiger partial charge in [-0.15, -0.1) is 0 Å². The average Bonchev–Trinajstić information content (AvgIpc) is 1.64. The van der Waals surface area contributed by atoms with Gasteiger partial charge >= 0.3 is 0 Å². The summed E-state index contributed by atoms with van der Waals surface area (Å²) in [6, 6.07) is 2.64. The molecule has 0 radical (unpaired) electrons. The van der Waals surface area contributed by atoms with Gasteiger partial charge in [-0.2, -0.15) is 0 Å². The summed E-state index contributed by atoms with van der Waals surface area (Å²) in [5.41, 5.74) is -0.977. The number of amides is 6. The Morgan fingerprint density at radius 2 is 0.622 bits per heavy atom. The van der Waals surface area contributed by atoms with E-state index in [1.165, 1.54) is 51.4 Å². The van der Waals surface area contributed by atoms with Crippen LogP contribution in [0, 0.1) is 66.0 Å². The van der Waals surface area contributed by atoms with Gasteiger partial charge in [0.2, 0.25) is 35.4 Å². The zero-order chi connectivity index (χ0) is 78.2. The summed E-state index contributed by atoms with van der Waals surface area (Å²) in [5.74, 6) is 2.71. The Bertz CT molecular complexity index is 2340. The van der Waals surface area contributed by atoms with Crippen molar-refractivity contribution in [3.8, 4) is 0 Å². The predicted octanol–water partition coefficient (Wildman–Crippen LogP) is 19.2. The van der Waals surface area contributed by atoms with Crippen molar-refractivity contribution < 1.29 is 39.0 Å². The van der Waals surface area contributed by atoms with Gasteiger partial charge in [0, 0.05) is 94.9 Å². The first-order valence-electron chi connectivity index (χ1n) is 38.5. The van der Waals surface area contributed by atoms with Crippen LogP contribution in [-0.2, 0) is 28.8 Å². The molecule has 580 valence electrons. The van der Waals surface area contributed by atoms with Crippen molar-refractivity contribution in [2.45, 2.75) is 407 Å². The van der Waals surface area contributed by atoms with E-state index in [9.17, 15) is 39.0 Å². The molecule has 0 spiro atoms. The Labute approximate surface area is 607 Å². The molecule has 4 atom stereocenters. The fourth-order valence-corrected chi connectivity index (χ4v) is 12.6. The lowest BCUT2D eigenvalue weighted by Gasteiger charge is -2.43. The number of likely N-dealkylation sites (N-methyl/N-ethyl adjacent to an activating group) is 2. The van der Waals surface area contributed by atoms with Crippen molar-refractivity contribution in [3.63, 3.8) is 0 Å². The molecule has 14 heteroatoms. The van der Waals surface area contributed by atoms with Gasteiger partial charge in [-0.3, -0.25) is 28.8 Å². The summed E-state index contributed by atoms with van der Waals surface area (Å²) in [7, 11) is 3.56. The minimum absolute atomic E-state index is 0.0142. The first kappa shape index (κ1) is 96.8. The molecule has 0 heterocycles. The van der Waals surface area contributed by atoms with Crippen LogP contribution in [0.25, 0.3) is 0 Å². The smallest absolute Gasteiger partial charge is 0.228 e. The van der Waals surface area contributed by atoms with Gasteiger partial charge < -0.3 is 39.6 Å². The molecule has 6 amide bonds. The second kappa shape index (κ2) is 38.0. The van der Waals surface area contributed by atoms with E-state index < -0.39 is 0 Å². The van der Waals surface area contributed by atoms with Gasteiger partial charge in [-0.1, -0.05) is 235 Å². The van der Waals surface area contributed by atoms with Crippen LogP contribution in [0.3, 0.4) is 0 Å². The first-order valence-corrected chi connectivity index (χ1v) is 38.5. The molecule has 4 aliphatic carbocycles. The van der Waals surface area contributed by atoms with Crippen molar-refractivity contribution >= 4 is 35.4 Å². The highest BCUT2D eigenvalue weighted by molar-refractivity contribution is 5.85. The lowest BCUT2D eigenvalue weighted by atomic mass is 9.86. The van der Waals surface area contributed by atoms with E-state index in [0.29, 0.717) is 77.1 Å². The fraction of sp³-hybridized carbons (Fsp3) is 0.929. The zero-order valence-electron chi connectivity index (χ0n) is 72.3. The molecule has 0 aliphatic heterocycles. The van der Waals surface area contributed by atoms with Gasteiger partial charge in [0.05, 0.1) is 25.3 Å². The highest BCUT2D eigenvalue weighted by atomic mass is 16.3. The molecule has 0 saturated heterocycles. The molecule has 0 aromatic rings. The normalized spacial score (nSPS) is 17.0. The summed E-state index contributed by atoms with van der Waals surface area (Å²) < 4.78 is 0. The number of aliphatic hydroxyl groups excluding tert-OH is 2. The quantitative estimate of drug-likeness (QED) is 0.122. The molecular weight excluding hydrogens is 1220 g/mol. The third-order valence-corrected chi connectivity index (χ3v) is 17.8. The Hall–Kier alpha value is -3.26. The standard InChI is InChI=1S/2C15H29NO.2C14H27NO.2C13H27NO2/c1-11(10-14(2,3)4)16(12-8-9-12)13(17)15(5,6)7;1-11(2)10-15(6,7)16(12-8-9-12)13(17)14(3,4)5;1-13(2,3)9-10-15(11-7-8-11)12(16)14(4,5)6;1-10(2)9-11(3)15(12-7-8-12)13(16)14(4,5)6;2*1-12(2,3)8-10(9-15)14(7)11(16)13(4,5)6/h2*11-12H,8-10H2,1-7H3;11H,7-10H2,1-6H3;10-12H,7-9H2,1-6H3;2*10,15H,8-9H2,1-7H3/t11-;;;11-;2*10-/m0..110/s1. The molecular formula is C84H166N6O8. The van der Waals surface area contributed by atoms with E-state index >= 15 is 0 Å². The summed E-state index contributed by atoms with van der Waals surface area (Å²) >= 11 is 0. The monoisotopic (exact) mass is 1390 g/mol. The SMILES string of the molecule is CC(C)(C)CCN(C(=O)C(C)(C)C)C1CC1.CC(C)CC(C)(C)N(C(=O)C(C)(C)C)C1CC1.CC(C)C[C@@H](C)N(C(=O)C(C)(C)C)C1CC1.CN(C(=O)C(C)(C)C)[C@@H](CO)CC(C)(C)C.CN(C(=O)C(C)(C)C)[C@H](CO)CC(C)(C)C.C[C@@H](CC(C)(C)C)N(C(=O)C(C)(C)C)C1CC1. The minimum atomic E-state index is -0.389. The largest absolute Gasteiger partial charge is 0.394 e. The van der Waals surface area contributed by atoms with Crippen molar-refractivity contribution in [2.24, 2.45) is 66.0 Å². The summed E-state index contributed by atoms with van der Waals surface area (Å²) in [4.78, 5) is 85.9. The third-order valence-electron chi connectivity index (χ3n) is 17.8. The Kier molecular flexibility index (Phi) is 37.5. The van der Waals surface area contributed by atoms with E-state index in [4.69, 9.17) is 0 Å². The van der Waals surface area contributed by atoms with Crippen LogP contribution in [0.1, 0.15) is 353 Å². The van der Waals surface area contributed by atoms with Crippen LogP contribution in [0.15, 0.2) is 0 Å². The molecule has 98 heavy (non-hydrogen) atoms. The van der Waals surface area contributed by atoms with Crippen LogP contribution in [0.2, 0.25) is 0 Å². The first-order chi connectivity index (χ1) is 43.4. The maximum Gasteiger partial charge on any atom is 0.228 e. The number of hydrogen-bond acceptors (Lipinski definition) is 8. The van der Waals surface area contributed by atoms with Gasteiger partial charge in [0.25, 0.3) is 0 Å². The average molecular weight is 1390 g/mol. The summed E-state index contributed by atoms with van der Waals surface area (Å²) in [5, 5.41) is 18.8. The van der Waals surface area contributed by atoms with E-state index in [1.807, 2.05) is 125 Å². The van der Waals surface area contributed by atoms with Crippen LogP contribution in [-0.4, -0.2) is 163 Å². The van der Waals surface area contributed by atoms with Gasteiger partial charge in [0.1, 0.15) is 0 Å². The van der Waals surface area contributed by atoms with Crippen LogP contribution < -0.4 is 0 Å². The zero-order valence-corrected chi connectivity index (χ0v) is 72.3. The highest BCUT2D eigenvalue weighted by Crippen LogP contribution is 2.41. The van der Waals surface area contributed by atoms with E-state index in [-0.39, 0.29) is 91.4 Å². The van der Waals surface area contributed by atoms with Gasteiger partial charge in [-0.05, 0) is 151 Å². The Balaban J connectivity index is 0. The highest BCUT2D eigenvalue weighted by Gasteiger charge is 2.46. The fourth-order valence-electron chi connectivity index (χ4n) is 12.6. The number of rotatable bonds is 20. The van der Waals surface area contributed by atoms with Crippen molar-refractivity contribution in [3.05, 3.63) is 0 Å². The number of aliphatic hydroxyl groups is 2. The molecule has 4 fully saturated rings. The lowest BCUT2D eigenvalue weighted by Crippen LogP contribution is -2.53. The third kappa shape index (κ3) is 39.4. The van der Waals surface area contributed by atoms with Crippen LogP contribution in [0.5, 0.6) is 0 Å². The van der Waals surface area contributed by atoms with Crippen LogP contribution >= 0.6 is 0 Å². The lowest BCUT2D eigenvalue weighted by molar-refractivity contribution is -0.147. The van der Waals surface area contributed by atoms with Crippen LogP contribution in [0.4, 0.5) is 0 Å². The van der Waals surface area contributed by atoms with Gasteiger partial charge in [-0.25, -0.2) is 0 Å². The van der Waals surface area contributed by atoms with E-state index in [0.717, 1.165) is 45.1 Å². The van der Waals surface area contributed by atoms with Crippen molar-refractivity contribution in [2.75, 3.05) is 33.9 Å². The van der Waals surface area contributed by atoms with Crippen molar-refractivity contribution in [1.29, 1.82) is 0 Å². The molecule has 14 nitrogen and oxygen atoms in total. The summed E-state index contributed by atoms with van der Waals surface area (Å²) in [6.07, 6.45) is 15.5.